The highest BCUT2D eigenvalue weighted by atomic mass is 16.5. The molecule has 19 heavy (non-hydrogen) atoms. The van der Waals surface area contributed by atoms with Gasteiger partial charge >= 0.3 is 0 Å². The third kappa shape index (κ3) is 2.54. The molecule has 1 aromatic heterocycles. The zero-order valence-electron chi connectivity index (χ0n) is 11.1. The number of primary amides is 1. The van der Waals surface area contributed by atoms with Gasteiger partial charge in [0.05, 0.1) is 12.8 Å². The summed E-state index contributed by atoms with van der Waals surface area (Å²) in [7, 11) is 1.64. The monoisotopic (exact) mass is 257 g/mol. The summed E-state index contributed by atoms with van der Waals surface area (Å²) in [5.74, 6) is 0.236. The Morgan fingerprint density at radius 1 is 1.26 bits per heavy atom. The van der Waals surface area contributed by atoms with Crippen molar-refractivity contribution in [2.24, 2.45) is 5.73 Å². The van der Waals surface area contributed by atoms with Crippen LogP contribution in [-0.4, -0.2) is 23.0 Å². The number of ether oxygens (including phenoxy) is 1. The summed E-state index contributed by atoms with van der Waals surface area (Å²) in [5, 5.41) is 0. The lowest BCUT2D eigenvalue weighted by Gasteiger charge is -2.11. The summed E-state index contributed by atoms with van der Waals surface area (Å²) in [6.45, 7) is 3.93. The Morgan fingerprint density at radius 3 is 2.42 bits per heavy atom. The highest BCUT2D eigenvalue weighted by Gasteiger charge is 2.10. The Balaban J connectivity index is 2.53. The molecule has 5 heteroatoms. The number of aryl methyl sites for hydroxylation is 2. The molecular formula is C14H15N3O2. The van der Waals surface area contributed by atoms with Gasteiger partial charge in [-0.15, -0.1) is 0 Å². The minimum Gasteiger partial charge on any atom is -0.496 e. The molecule has 1 amide bonds. The normalized spacial score (nSPS) is 10.3. The average molecular weight is 257 g/mol. The van der Waals surface area contributed by atoms with Crippen molar-refractivity contribution in [3.8, 4) is 17.0 Å². The van der Waals surface area contributed by atoms with Gasteiger partial charge in [-0.1, -0.05) is 0 Å². The summed E-state index contributed by atoms with van der Waals surface area (Å²) in [6, 6.07) is 5.66. The van der Waals surface area contributed by atoms with Gasteiger partial charge in [0.2, 0.25) is 5.82 Å². The van der Waals surface area contributed by atoms with E-state index in [2.05, 4.69) is 9.97 Å². The number of hydrogen-bond donors (Lipinski definition) is 1. The van der Waals surface area contributed by atoms with E-state index >= 15 is 0 Å². The molecule has 0 spiro atoms. The molecule has 0 aliphatic heterocycles. The van der Waals surface area contributed by atoms with E-state index in [1.807, 2.05) is 26.0 Å². The van der Waals surface area contributed by atoms with Gasteiger partial charge in [-0.2, -0.15) is 0 Å². The van der Waals surface area contributed by atoms with Crippen molar-refractivity contribution in [1.82, 2.24) is 9.97 Å². The van der Waals surface area contributed by atoms with Crippen LogP contribution in [0.5, 0.6) is 5.75 Å². The Kier molecular flexibility index (Phi) is 3.46. The molecule has 0 saturated heterocycles. The maximum absolute atomic E-state index is 11.1. The van der Waals surface area contributed by atoms with E-state index in [9.17, 15) is 4.79 Å². The van der Waals surface area contributed by atoms with Crippen molar-refractivity contribution in [2.45, 2.75) is 13.8 Å². The van der Waals surface area contributed by atoms with Crippen LogP contribution in [0.1, 0.15) is 21.7 Å². The summed E-state index contributed by atoms with van der Waals surface area (Å²) < 4.78 is 5.32. The van der Waals surface area contributed by atoms with Crippen LogP contribution in [0.3, 0.4) is 0 Å². The van der Waals surface area contributed by atoms with Gasteiger partial charge < -0.3 is 10.5 Å². The number of carbonyl (C=O) groups excluding carboxylic acids is 1. The van der Waals surface area contributed by atoms with E-state index < -0.39 is 5.91 Å². The molecule has 98 valence electrons. The molecule has 2 aromatic rings. The van der Waals surface area contributed by atoms with Crippen molar-refractivity contribution in [3.05, 3.63) is 41.3 Å². The standard InChI is InChI=1S/C14H15N3O2/c1-8-6-10(7-9(2)12(8)19-3)11-4-5-16-14(17-11)13(15)18/h4-7H,1-3H3,(H2,15,18). The molecule has 0 bridgehead atoms. The first-order valence-electron chi connectivity index (χ1n) is 5.81. The topological polar surface area (TPSA) is 78.1 Å². The SMILES string of the molecule is COc1c(C)cc(-c2ccnc(C(N)=O)n2)cc1C. The van der Waals surface area contributed by atoms with Crippen molar-refractivity contribution in [3.63, 3.8) is 0 Å². The van der Waals surface area contributed by atoms with Crippen molar-refractivity contribution in [1.29, 1.82) is 0 Å². The van der Waals surface area contributed by atoms with Crippen LogP contribution in [0.2, 0.25) is 0 Å². The predicted molar refractivity (Wildman–Crippen MR) is 72.0 cm³/mol. The number of carbonyl (C=O) groups is 1. The van der Waals surface area contributed by atoms with Crippen LogP contribution in [0.25, 0.3) is 11.3 Å². The highest BCUT2D eigenvalue weighted by Crippen LogP contribution is 2.28. The molecule has 0 aliphatic carbocycles. The molecular weight excluding hydrogens is 242 g/mol. The molecule has 2 rings (SSSR count). The Morgan fingerprint density at radius 2 is 1.89 bits per heavy atom. The first-order chi connectivity index (χ1) is 9.02. The van der Waals surface area contributed by atoms with Crippen LogP contribution in [0.15, 0.2) is 24.4 Å². The van der Waals surface area contributed by atoms with E-state index in [0.717, 1.165) is 22.4 Å². The van der Waals surface area contributed by atoms with Gasteiger partial charge in [0.1, 0.15) is 5.75 Å². The average Bonchev–Trinajstić information content (AvgIpc) is 2.38. The third-order valence-electron chi connectivity index (χ3n) is 2.84. The minimum atomic E-state index is -0.635. The maximum atomic E-state index is 11.1. The zero-order chi connectivity index (χ0) is 14.0. The quantitative estimate of drug-likeness (QED) is 0.910. The molecule has 0 unspecified atom stereocenters. The molecule has 0 aliphatic rings. The fourth-order valence-corrected chi connectivity index (χ4v) is 2.06. The van der Waals surface area contributed by atoms with Gasteiger partial charge in [0, 0.05) is 11.8 Å². The third-order valence-corrected chi connectivity index (χ3v) is 2.84. The number of nitrogens with two attached hydrogens (primary N) is 1. The van der Waals surface area contributed by atoms with Gasteiger partial charge in [-0.3, -0.25) is 4.79 Å². The van der Waals surface area contributed by atoms with Crippen LogP contribution in [0, 0.1) is 13.8 Å². The Labute approximate surface area is 111 Å². The molecule has 5 nitrogen and oxygen atoms in total. The zero-order valence-corrected chi connectivity index (χ0v) is 11.1. The van der Waals surface area contributed by atoms with E-state index in [4.69, 9.17) is 10.5 Å². The smallest absolute Gasteiger partial charge is 0.286 e. The van der Waals surface area contributed by atoms with Crippen LogP contribution in [0.4, 0.5) is 0 Å². The van der Waals surface area contributed by atoms with Crippen molar-refractivity contribution >= 4 is 5.91 Å². The predicted octanol–water partition coefficient (Wildman–Crippen LogP) is 1.87. The highest BCUT2D eigenvalue weighted by molar-refractivity contribution is 5.89. The molecule has 1 heterocycles. The lowest BCUT2D eigenvalue weighted by atomic mass is 10.0. The molecule has 0 radical (unpaired) electrons. The van der Waals surface area contributed by atoms with Gasteiger partial charge in [0.25, 0.3) is 5.91 Å². The Bertz CT molecular complexity index is 615. The van der Waals surface area contributed by atoms with Crippen molar-refractivity contribution in [2.75, 3.05) is 7.11 Å². The summed E-state index contributed by atoms with van der Waals surface area (Å²) in [4.78, 5) is 19.1. The second kappa shape index (κ2) is 5.06. The van der Waals surface area contributed by atoms with E-state index in [0.29, 0.717) is 5.69 Å². The Hall–Kier alpha value is -2.43. The number of amides is 1. The van der Waals surface area contributed by atoms with E-state index in [1.54, 1.807) is 13.2 Å². The maximum Gasteiger partial charge on any atom is 0.286 e. The summed E-state index contributed by atoms with van der Waals surface area (Å²) >= 11 is 0. The lowest BCUT2D eigenvalue weighted by Crippen LogP contribution is -2.15. The second-order valence-electron chi connectivity index (χ2n) is 4.27. The van der Waals surface area contributed by atoms with Gasteiger partial charge in [-0.25, -0.2) is 9.97 Å². The number of nitrogens with zero attached hydrogens (tertiary/aromatic N) is 2. The lowest BCUT2D eigenvalue weighted by molar-refractivity contribution is 0.0990. The second-order valence-corrected chi connectivity index (χ2v) is 4.27. The molecule has 1 aromatic carbocycles. The minimum absolute atomic E-state index is 0.0172. The molecule has 0 fully saturated rings. The number of rotatable bonds is 3. The molecule has 0 saturated carbocycles. The fraction of sp³-hybridized carbons (Fsp3) is 0.214. The molecule has 2 N–H and O–H groups in total. The summed E-state index contributed by atoms with van der Waals surface area (Å²) in [6.07, 6.45) is 1.53. The first kappa shape index (κ1) is 13.0. The first-order valence-corrected chi connectivity index (χ1v) is 5.81. The number of benzene rings is 1. The van der Waals surface area contributed by atoms with Crippen molar-refractivity contribution < 1.29 is 9.53 Å². The molecule has 0 atom stereocenters. The number of methoxy groups -OCH3 is 1. The van der Waals surface area contributed by atoms with E-state index in [-0.39, 0.29) is 5.82 Å². The van der Waals surface area contributed by atoms with Crippen LogP contribution >= 0.6 is 0 Å². The number of aromatic nitrogens is 2. The van der Waals surface area contributed by atoms with Crippen LogP contribution in [-0.2, 0) is 0 Å². The number of hydrogen-bond acceptors (Lipinski definition) is 4. The fourth-order valence-electron chi connectivity index (χ4n) is 2.06. The summed E-state index contributed by atoms with van der Waals surface area (Å²) in [5.41, 5.74) is 8.77. The van der Waals surface area contributed by atoms with Gasteiger partial charge in [0.15, 0.2) is 0 Å². The van der Waals surface area contributed by atoms with Gasteiger partial charge in [-0.05, 0) is 43.2 Å². The van der Waals surface area contributed by atoms with E-state index in [1.165, 1.54) is 6.20 Å². The largest absolute Gasteiger partial charge is 0.496 e. The van der Waals surface area contributed by atoms with Crippen LogP contribution < -0.4 is 10.5 Å².